The number of para-hydroxylation sites is 1. The molecule has 4 N–H and O–H groups in total. The fraction of sp³-hybridized carbons (Fsp3) is 0.192. The molecule has 0 bridgehead atoms. The maximum absolute atomic E-state index is 13.0. The van der Waals surface area contributed by atoms with Gasteiger partial charge in [0.15, 0.2) is 0 Å². The number of nitrogens with zero attached hydrogens (tertiary/aromatic N) is 1. The first-order valence-corrected chi connectivity index (χ1v) is 11.7. The van der Waals surface area contributed by atoms with Crippen molar-refractivity contribution in [2.45, 2.75) is 26.2 Å². The highest BCUT2D eigenvalue weighted by atomic mass is 79.9. The summed E-state index contributed by atoms with van der Waals surface area (Å²) in [4.78, 5) is 29.4. The van der Waals surface area contributed by atoms with E-state index in [1.807, 2.05) is 48.5 Å². The summed E-state index contributed by atoms with van der Waals surface area (Å²) in [7, 11) is 0. The summed E-state index contributed by atoms with van der Waals surface area (Å²) in [5.41, 5.74) is 4.41. The standard InChI is InChI=1S/C26H26BrN5O2/c1-26(2,3)19-6-4-5-7-20(19)31-25(32-24(34)16-8-10-17(27)11-9-16)29-18-12-13-21-22(14-18)28-15-23(33)30-21/h4-14,28H,15H2,1-3H3,(H,30,33)(H2,29,31,32,34). The Balaban J connectivity index is 1.69. The van der Waals surface area contributed by atoms with Crippen LogP contribution in [0.25, 0.3) is 0 Å². The molecule has 0 spiro atoms. The van der Waals surface area contributed by atoms with E-state index >= 15 is 0 Å². The van der Waals surface area contributed by atoms with Crippen LogP contribution in [0, 0.1) is 0 Å². The quantitative estimate of drug-likeness (QED) is 0.266. The molecule has 34 heavy (non-hydrogen) atoms. The molecule has 0 radical (unpaired) electrons. The number of amides is 2. The number of benzene rings is 3. The third kappa shape index (κ3) is 5.63. The lowest BCUT2D eigenvalue weighted by Gasteiger charge is -2.22. The number of rotatable bonds is 3. The molecule has 0 aromatic heterocycles. The predicted molar refractivity (Wildman–Crippen MR) is 141 cm³/mol. The number of nitrogens with one attached hydrogen (secondary N) is 4. The van der Waals surface area contributed by atoms with Gasteiger partial charge in [-0.3, -0.25) is 14.9 Å². The minimum Gasteiger partial charge on any atom is -0.374 e. The lowest BCUT2D eigenvalue weighted by molar-refractivity contribution is -0.114. The molecule has 1 aliphatic heterocycles. The zero-order valence-electron chi connectivity index (χ0n) is 19.2. The lowest BCUT2D eigenvalue weighted by atomic mass is 9.86. The van der Waals surface area contributed by atoms with Crippen molar-refractivity contribution in [1.82, 2.24) is 5.32 Å². The molecule has 4 rings (SSSR count). The first-order chi connectivity index (χ1) is 16.2. The van der Waals surface area contributed by atoms with Crippen LogP contribution in [0.3, 0.4) is 0 Å². The smallest absolute Gasteiger partial charge is 0.257 e. The first-order valence-electron chi connectivity index (χ1n) is 10.9. The summed E-state index contributed by atoms with van der Waals surface area (Å²) < 4.78 is 0.892. The fourth-order valence-corrected chi connectivity index (χ4v) is 3.84. The minimum atomic E-state index is -0.282. The third-order valence-corrected chi connectivity index (χ3v) is 5.81. The van der Waals surface area contributed by atoms with E-state index in [9.17, 15) is 9.59 Å². The van der Waals surface area contributed by atoms with Crippen molar-refractivity contribution in [2.24, 2.45) is 4.99 Å². The highest BCUT2D eigenvalue weighted by molar-refractivity contribution is 9.10. The van der Waals surface area contributed by atoms with Crippen molar-refractivity contribution in [2.75, 3.05) is 22.5 Å². The Hall–Kier alpha value is -3.65. The van der Waals surface area contributed by atoms with Crippen molar-refractivity contribution in [1.29, 1.82) is 0 Å². The van der Waals surface area contributed by atoms with E-state index in [2.05, 4.69) is 58.0 Å². The molecule has 7 nitrogen and oxygen atoms in total. The van der Waals surface area contributed by atoms with Gasteiger partial charge in [0.25, 0.3) is 5.91 Å². The summed E-state index contributed by atoms with van der Waals surface area (Å²) in [6, 6.07) is 20.5. The molecule has 0 atom stereocenters. The van der Waals surface area contributed by atoms with Gasteiger partial charge in [-0.15, -0.1) is 0 Å². The molecule has 174 valence electrons. The largest absolute Gasteiger partial charge is 0.374 e. The van der Waals surface area contributed by atoms with E-state index in [1.54, 1.807) is 18.2 Å². The van der Waals surface area contributed by atoms with E-state index in [1.165, 1.54) is 0 Å². The van der Waals surface area contributed by atoms with Gasteiger partial charge in [-0.05, 0) is 59.5 Å². The maximum atomic E-state index is 13.0. The van der Waals surface area contributed by atoms with E-state index in [0.717, 1.165) is 21.4 Å². The second-order valence-corrected chi connectivity index (χ2v) is 9.89. The molecule has 0 unspecified atom stereocenters. The fourth-order valence-electron chi connectivity index (χ4n) is 3.58. The molecule has 2 amide bonds. The normalized spacial score (nSPS) is 13.4. The highest BCUT2D eigenvalue weighted by Gasteiger charge is 2.19. The Morgan fingerprint density at radius 2 is 1.74 bits per heavy atom. The minimum absolute atomic E-state index is 0.0870. The van der Waals surface area contributed by atoms with Gasteiger partial charge in [0, 0.05) is 15.7 Å². The van der Waals surface area contributed by atoms with Gasteiger partial charge < -0.3 is 16.0 Å². The zero-order chi connectivity index (χ0) is 24.3. The average Bonchev–Trinajstić information content (AvgIpc) is 2.79. The topological polar surface area (TPSA) is 94.6 Å². The number of carbonyl (C=O) groups is 2. The monoisotopic (exact) mass is 519 g/mol. The Morgan fingerprint density at radius 3 is 2.47 bits per heavy atom. The van der Waals surface area contributed by atoms with Gasteiger partial charge in [0.1, 0.15) is 0 Å². The average molecular weight is 520 g/mol. The number of guanidine groups is 1. The molecular formula is C26H26BrN5O2. The summed E-state index contributed by atoms with van der Waals surface area (Å²) >= 11 is 3.39. The summed E-state index contributed by atoms with van der Waals surface area (Å²) in [5, 5.41) is 12.1. The van der Waals surface area contributed by atoms with Crippen LogP contribution in [0.1, 0.15) is 36.7 Å². The van der Waals surface area contributed by atoms with Crippen molar-refractivity contribution in [3.05, 3.63) is 82.3 Å². The number of hydrogen-bond acceptors (Lipinski definition) is 4. The van der Waals surface area contributed by atoms with Gasteiger partial charge in [0.05, 0.1) is 23.6 Å². The van der Waals surface area contributed by atoms with Crippen LogP contribution in [0.15, 0.2) is 76.2 Å². The second kappa shape index (κ2) is 9.69. The van der Waals surface area contributed by atoms with Crippen LogP contribution in [-0.2, 0) is 10.2 Å². The molecule has 3 aromatic carbocycles. The molecular weight excluding hydrogens is 494 g/mol. The van der Waals surface area contributed by atoms with Gasteiger partial charge >= 0.3 is 0 Å². The third-order valence-electron chi connectivity index (χ3n) is 5.28. The Bertz CT molecular complexity index is 1260. The van der Waals surface area contributed by atoms with Crippen LogP contribution in [0.2, 0.25) is 0 Å². The SMILES string of the molecule is CC(C)(C)c1ccccc1N=C(NC(=O)c1ccc(Br)cc1)Nc1ccc2c(c1)NCC(=O)N2. The number of aliphatic imine (C=N–C) groups is 1. The Kier molecular flexibility index (Phi) is 6.70. The van der Waals surface area contributed by atoms with Crippen LogP contribution in [-0.4, -0.2) is 24.3 Å². The molecule has 0 fully saturated rings. The van der Waals surface area contributed by atoms with E-state index < -0.39 is 0 Å². The Morgan fingerprint density at radius 1 is 1.00 bits per heavy atom. The van der Waals surface area contributed by atoms with Crippen molar-refractivity contribution in [3.8, 4) is 0 Å². The van der Waals surface area contributed by atoms with Crippen molar-refractivity contribution >= 4 is 56.5 Å². The molecule has 0 saturated carbocycles. The highest BCUT2D eigenvalue weighted by Crippen LogP contribution is 2.32. The summed E-state index contributed by atoms with van der Waals surface area (Å²) in [6.45, 7) is 6.57. The van der Waals surface area contributed by atoms with E-state index in [4.69, 9.17) is 4.99 Å². The van der Waals surface area contributed by atoms with E-state index in [-0.39, 0.29) is 23.8 Å². The lowest BCUT2D eigenvalue weighted by Crippen LogP contribution is -2.36. The second-order valence-electron chi connectivity index (χ2n) is 8.98. The summed E-state index contributed by atoms with van der Waals surface area (Å²) in [6.07, 6.45) is 0. The van der Waals surface area contributed by atoms with Crippen LogP contribution in [0.4, 0.5) is 22.7 Å². The van der Waals surface area contributed by atoms with Gasteiger partial charge in [-0.1, -0.05) is 54.9 Å². The van der Waals surface area contributed by atoms with Crippen molar-refractivity contribution < 1.29 is 9.59 Å². The predicted octanol–water partition coefficient (Wildman–Crippen LogP) is 5.64. The first kappa shape index (κ1) is 23.5. The molecule has 0 saturated heterocycles. The van der Waals surface area contributed by atoms with Crippen LogP contribution >= 0.6 is 15.9 Å². The van der Waals surface area contributed by atoms with Gasteiger partial charge in [-0.25, -0.2) is 4.99 Å². The van der Waals surface area contributed by atoms with E-state index in [0.29, 0.717) is 22.9 Å². The van der Waals surface area contributed by atoms with Crippen LogP contribution in [0.5, 0.6) is 0 Å². The number of carbonyl (C=O) groups excluding carboxylic acids is 2. The summed E-state index contributed by atoms with van der Waals surface area (Å²) in [5.74, 6) is -0.0734. The van der Waals surface area contributed by atoms with Gasteiger partial charge in [0.2, 0.25) is 11.9 Å². The molecule has 1 heterocycles. The van der Waals surface area contributed by atoms with Crippen LogP contribution < -0.4 is 21.3 Å². The molecule has 3 aromatic rings. The Labute approximate surface area is 207 Å². The number of hydrogen-bond donors (Lipinski definition) is 4. The van der Waals surface area contributed by atoms with Gasteiger partial charge in [-0.2, -0.15) is 0 Å². The molecule has 8 heteroatoms. The molecule has 1 aliphatic rings. The zero-order valence-corrected chi connectivity index (χ0v) is 20.8. The maximum Gasteiger partial charge on any atom is 0.257 e. The number of fused-ring (bicyclic) bond motifs is 1. The molecule has 0 aliphatic carbocycles. The number of anilines is 3. The number of halogens is 1. The van der Waals surface area contributed by atoms with Crippen molar-refractivity contribution in [3.63, 3.8) is 0 Å².